The van der Waals surface area contributed by atoms with Gasteiger partial charge in [0.15, 0.2) is 5.78 Å². The molecular formula is C19H20N4O2S. The van der Waals surface area contributed by atoms with Crippen LogP contribution < -0.4 is 0 Å². The Hall–Kier alpha value is -2.67. The zero-order valence-corrected chi connectivity index (χ0v) is 15.9. The average molecular weight is 368 g/mol. The number of phenolic OH excluding ortho intramolecular Hbond substituents is 1. The van der Waals surface area contributed by atoms with E-state index in [-0.39, 0.29) is 16.8 Å². The Morgan fingerprint density at radius 3 is 2.42 bits per heavy atom. The molecule has 26 heavy (non-hydrogen) atoms. The van der Waals surface area contributed by atoms with Crippen LogP contribution in [0.1, 0.15) is 34.0 Å². The Morgan fingerprint density at radius 2 is 1.73 bits per heavy atom. The number of benzene rings is 2. The van der Waals surface area contributed by atoms with Gasteiger partial charge in [-0.2, -0.15) is 4.68 Å². The Bertz CT molecular complexity index is 951. The van der Waals surface area contributed by atoms with E-state index in [0.29, 0.717) is 5.16 Å². The lowest BCUT2D eigenvalue weighted by atomic mass is 9.97. The summed E-state index contributed by atoms with van der Waals surface area (Å²) in [6.07, 6.45) is 0. The van der Waals surface area contributed by atoms with E-state index in [1.54, 1.807) is 28.9 Å². The molecule has 6 nitrogen and oxygen atoms in total. The molecule has 0 aliphatic rings. The molecule has 0 unspecified atom stereocenters. The predicted octanol–water partition coefficient (Wildman–Crippen LogP) is 3.66. The lowest BCUT2D eigenvalue weighted by Crippen LogP contribution is -2.16. The first-order chi connectivity index (χ1) is 12.4. The fraction of sp³-hybridized carbons (Fsp3) is 0.263. The van der Waals surface area contributed by atoms with Gasteiger partial charge in [0.05, 0.1) is 10.9 Å². The number of carbonyl (C=O) groups is 1. The normalized spacial score (nSPS) is 12.2. The highest BCUT2D eigenvalue weighted by atomic mass is 32.2. The second-order valence-corrected chi connectivity index (χ2v) is 7.57. The van der Waals surface area contributed by atoms with Crippen LogP contribution >= 0.6 is 11.8 Å². The average Bonchev–Trinajstić information content (AvgIpc) is 3.06. The molecule has 1 aromatic heterocycles. The van der Waals surface area contributed by atoms with Gasteiger partial charge in [0, 0.05) is 5.56 Å². The van der Waals surface area contributed by atoms with Crippen molar-refractivity contribution < 1.29 is 9.90 Å². The molecular weight excluding hydrogens is 348 g/mol. The molecule has 134 valence electrons. The molecule has 3 rings (SSSR count). The van der Waals surface area contributed by atoms with E-state index in [0.717, 1.165) is 22.4 Å². The minimum Gasteiger partial charge on any atom is -0.508 e. The van der Waals surface area contributed by atoms with E-state index in [1.165, 1.54) is 17.3 Å². The standard InChI is InChI=1S/C19H20N4O2S/c1-11-9-13(3)17(10-12(11)2)18(25)14(4)26-19-20-21-22-23(19)15-5-7-16(24)8-6-15/h5-10,14,24H,1-4H3/t14-/m1/s1. The molecule has 1 N–H and O–H groups in total. The molecule has 0 amide bonds. The van der Waals surface area contributed by atoms with Gasteiger partial charge in [-0.1, -0.05) is 17.8 Å². The number of aromatic nitrogens is 4. The molecule has 0 radical (unpaired) electrons. The van der Waals surface area contributed by atoms with Crippen LogP contribution in [-0.4, -0.2) is 36.3 Å². The van der Waals surface area contributed by atoms with Crippen molar-refractivity contribution in [1.29, 1.82) is 0 Å². The van der Waals surface area contributed by atoms with Crippen LogP contribution in [0.25, 0.3) is 5.69 Å². The molecule has 1 heterocycles. The maximum Gasteiger partial charge on any atom is 0.214 e. The second kappa shape index (κ2) is 7.29. The first-order valence-electron chi connectivity index (χ1n) is 8.23. The first kappa shape index (κ1) is 18.1. The number of phenols is 1. The summed E-state index contributed by atoms with van der Waals surface area (Å²) < 4.78 is 1.56. The highest BCUT2D eigenvalue weighted by molar-refractivity contribution is 8.00. The van der Waals surface area contributed by atoms with Crippen molar-refractivity contribution >= 4 is 17.5 Å². The number of carbonyl (C=O) groups excluding carboxylic acids is 1. The largest absolute Gasteiger partial charge is 0.508 e. The van der Waals surface area contributed by atoms with Gasteiger partial charge in [-0.25, -0.2) is 0 Å². The second-order valence-electron chi connectivity index (χ2n) is 6.27. The van der Waals surface area contributed by atoms with Gasteiger partial charge < -0.3 is 5.11 Å². The van der Waals surface area contributed by atoms with Gasteiger partial charge >= 0.3 is 0 Å². The summed E-state index contributed by atoms with van der Waals surface area (Å²) >= 11 is 1.31. The smallest absolute Gasteiger partial charge is 0.214 e. The molecule has 0 bridgehead atoms. The Balaban J connectivity index is 1.84. The number of tetrazole rings is 1. The lowest BCUT2D eigenvalue weighted by molar-refractivity contribution is 0.0993. The summed E-state index contributed by atoms with van der Waals surface area (Å²) in [7, 11) is 0. The number of hydrogen-bond acceptors (Lipinski definition) is 6. The number of rotatable bonds is 5. The van der Waals surface area contributed by atoms with E-state index in [2.05, 4.69) is 15.5 Å². The number of thioether (sulfide) groups is 1. The molecule has 0 aliphatic heterocycles. The summed E-state index contributed by atoms with van der Waals surface area (Å²) in [6.45, 7) is 7.87. The van der Waals surface area contributed by atoms with E-state index < -0.39 is 0 Å². The van der Waals surface area contributed by atoms with Gasteiger partial charge in [0.25, 0.3) is 0 Å². The summed E-state index contributed by atoms with van der Waals surface area (Å²) in [6, 6.07) is 10.6. The zero-order chi connectivity index (χ0) is 18.8. The molecule has 0 saturated heterocycles. The highest BCUT2D eigenvalue weighted by Gasteiger charge is 2.22. The number of aryl methyl sites for hydroxylation is 3. The van der Waals surface area contributed by atoms with Gasteiger partial charge in [0.2, 0.25) is 5.16 Å². The van der Waals surface area contributed by atoms with Crippen molar-refractivity contribution in [3.8, 4) is 11.4 Å². The summed E-state index contributed by atoms with van der Waals surface area (Å²) in [5.41, 5.74) is 4.71. The molecule has 2 aromatic carbocycles. The van der Waals surface area contributed by atoms with Gasteiger partial charge in [-0.15, -0.1) is 5.10 Å². The van der Waals surface area contributed by atoms with E-state index in [1.807, 2.05) is 39.8 Å². The minimum absolute atomic E-state index is 0.0517. The number of nitrogens with zero attached hydrogens (tertiary/aromatic N) is 4. The molecule has 3 aromatic rings. The topological polar surface area (TPSA) is 80.9 Å². The van der Waals surface area contributed by atoms with Crippen molar-refractivity contribution in [2.45, 2.75) is 38.1 Å². The van der Waals surface area contributed by atoms with Crippen molar-refractivity contribution in [1.82, 2.24) is 20.2 Å². The van der Waals surface area contributed by atoms with Crippen LogP contribution in [0.3, 0.4) is 0 Å². The first-order valence-corrected chi connectivity index (χ1v) is 9.11. The number of aromatic hydroxyl groups is 1. The minimum atomic E-state index is -0.335. The van der Waals surface area contributed by atoms with E-state index >= 15 is 0 Å². The van der Waals surface area contributed by atoms with Crippen molar-refractivity contribution in [3.05, 3.63) is 58.7 Å². The quantitative estimate of drug-likeness (QED) is 0.547. The van der Waals surface area contributed by atoms with Crippen LogP contribution in [0.4, 0.5) is 0 Å². The Morgan fingerprint density at radius 1 is 1.08 bits per heavy atom. The zero-order valence-electron chi connectivity index (χ0n) is 15.1. The third-order valence-corrected chi connectivity index (χ3v) is 5.33. The van der Waals surface area contributed by atoms with Crippen molar-refractivity contribution in [3.63, 3.8) is 0 Å². The predicted molar refractivity (Wildman–Crippen MR) is 101 cm³/mol. The van der Waals surface area contributed by atoms with Crippen molar-refractivity contribution in [2.75, 3.05) is 0 Å². The summed E-state index contributed by atoms with van der Waals surface area (Å²) in [5, 5.41) is 21.4. The maximum atomic E-state index is 12.9. The van der Waals surface area contributed by atoms with E-state index in [9.17, 15) is 9.90 Å². The number of Topliss-reactive ketones (excluding diaryl/α,β-unsaturated/α-hetero) is 1. The molecule has 0 saturated carbocycles. The van der Waals surface area contributed by atoms with Gasteiger partial charge in [-0.05, 0) is 85.1 Å². The molecule has 7 heteroatoms. The van der Waals surface area contributed by atoms with Gasteiger partial charge in [0.1, 0.15) is 5.75 Å². The maximum absolute atomic E-state index is 12.9. The third kappa shape index (κ3) is 3.62. The third-order valence-electron chi connectivity index (χ3n) is 4.29. The van der Waals surface area contributed by atoms with Crippen molar-refractivity contribution in [2.24, 2.45) is 0 Å². The molecule has 0 spiro atoms. The lowest BCUT2D eigenvalue weighted by Gasteiger charge is -2.13. The van der Waals surface area contributed by atoms with Crippen LogP contribution in [-0.2, 0) is 0 Å². The van der Waals surface area contributed by atoms with Gasteiger partial charge in [-0.3, -0.25) is 4.79 Å². The van der Waals surface area contributed by atoms with E-state index in [4.69, 9.17) is 0 Å². The van der Waals surface area contributed by atoms with Crippen LogP contribution in [0, 0.1) is 20.8 Å². The Kier molecular flexibility index (Phi) is 5.08. The summed E-state index contributed by atoms with van der Waals surface area (Å²) in [5.74, 6) is 0.223. The van der Waals surface area contributed by atoms with Crippen LogP contribution in [0.15, 0.2) is 41.6 Å². The fourth-order valence-corrected chi connectivity index (χ4v) is 3.54. The van der Waals surface area contributed by atoms with Crippen LogP contribution in [0.5, 0.6) is 5.75 Å². The monoisotopic (exact) mass is 368 g/mol. The number of ketones is 1. The molecule has 1 atom stereocenters. The SMILES string of the molecule is Cc1cc(C)c(C(=O)[C@@H](C)Sc2nnnn2-c2ccc(O)cc2)cc1C. The Labute approximate surface area is 156 Å². The fourth-order valence-electron chi connectivity index (χ4n) is 2.66. The van der Waals surface area contributed by atoms with Crippen LogP contribution in [0.2, 0.25) is 0 Å². The molecule has 0 aliphatic carbocycles. The number of hydrogen-bond donors (Lipinski definition) is 1. The highest BCUT2D eigenvalue weighted by Crippen LogP contribution is 2.27. The summed E-state index contributed by atoms with van der Waals surface area (Å²) in [4.78, 5) is 12.9. The molecule has 0 fully saturated rings.